The van der Waals surface area contributed by atoms with Gasteiger partial charge in [-0.15, -0.1) is 0 Å². The molecular formula is C11H9F4O. The normalized spacial score (nSPS) is 11.7. The summed E-state index contributed by atoms with van der Waals surface area (Å²) in [5.74, 6) is -8.22. The van der Waals surface area contributed by atoms with E-state index in [4.69, 9.17) is 0 Å². The van der Waals surface area contributed by atoms with E-state index in [9.17, 15) is 22.4 Å². The van der Waals surface area contributed by atoms with Gasteiger partial charge in [-0.3, -0.25) is 4.79 Å². The summed E-state index contributed by atoms with van der Waals surface area (Å²) in [6, 6.07) is 1.58. The van der Waals surface area contributed by atoms with Crippen LogP contribution in [0.5, 0.6) is 0 Å². The van der Waals surface area contributed by atoms with E-state index in [1.807, 2.05) is 0 Å². The van der Waals surface area contributed by atoms with Crippen molar-refractivity contribution in [2.75, 3.05) is 0 Å². The summed E-state index contributed by atoms with van der Waals surface area (Å²) in [6.07, 6.45) is 0. The van der Waals surface area contributed by atoms with Gasteiger partial charge in [-0.2, -0.15) is 0 Å². The summed E-state index contributed by atoms with van der Waals surface area (Å²) in [5, 5.41) is 0. The monoisotopic (exact) mass is 233 g/mol. The van der Waals surface area contributed by atoms with Crippen LogP contribution in [0.4, 0.5) is 17.6 Å². The molecule has 0 saturated heterocycles. The number of hydrogen-bond donors (Lipinski definition) is 0. The fraction of sp³-hybridized carbons (Fsp3) is 0.364. The van der Waals surface area contributed by atoms with Crippen molar-refractivity contribution in [1.82, 2.24) is 0 Å². The Kier molecular flexibility index (Phi) is 3.08. The molecular weight excluding hydrogens is 224 g/mol. The van der Waals surface area contributed by atoms with E-state index in [-0.39, 0.29) is 0 Å². The van der Waals surface area contributed by atoms with Crippen LogP contribution in [-0.2, 0) is 0 Å². The topological polar surface area (TPSA) is 17.1 Å². The predicted molar refractivity (Wildman–Crippen MR) is 48.9 cm³/mol. The van der Waals surface area contributed by atoms with E-state index in [1.54, 1.807) is 6.07 Å². The van der Waals surface area contributed by atoms with Crippen molar-refractivity contribution in [3.8, 4) is 0 Å². The van der Waals surface area contributed by atoms with Crippen molar-refractivity contribution >= 4 is 5.78 Å². The molecule has 1 radical (unpaired) electrons. The first-order valence-corrected chi connectivity index (χ1v) is 4.46. The fourth-order valence-corrected chi connectivity index (χ4v) is 1.05. The van der Waals surface area contributed by atoms with Gasteiger partial charge in [-0.1, -0.05) is 20.8 Å². The summed E-state index contributed by atoms with van der Waals surface area (Å²) in [5.41, 5.74) is -1.93. The molecule has 0 aromatic heterocycles. The van der Waals surface area contributed by atoms with Crippen LogP contribution in [0.15, 0.2) is 0 Å². The van der Waals surface area contributed by atoms with Crippen LogP contribution in [0.25, 0.3) is 0 Å². The second-order valence-electron chi connectivity index (χ2n) is 4.34. The Bertz CT molecular complexity index is 446. The maximum absolute atomic E-state index is 13.2. The Morgan fingerprint density at radius 2 is 1.50 bits per heavy atom. The first kappa shape index (κ1) is 12.7. The molecule has 0 heterocycles. The van der Waals surface area contributed by atoms with Gasteiger partial charge in [0.05, 0.1) is 5.56 Å². The zero-order chi connectivity index (χ0) is 12.7. The molecule has 0 amide bonds. The lowest BCUT2D eigenvalue weighted by Gasteiger charge is -2.17. The summed E-state index contributed by atoms with van der Waals surface area (Å²) >= 11 is 0. The number of carbonyl (C=O) groups is 1. The summed E-state index contributed by atoms with van der Waals surface area (Å²) in [6.45, 7) is 4.34. The first-order valence-electron chi connectivity index (χ1n) is 4.46. The second kappa shape index (κ2) is 3.88. The number of carbonyl (C=O) groups excluding carboxylic acids is 1. The number of ketones is 1. The minimum atomic E-state index is -2.00. The summed E-state index contributed by atoms with van der Waals surface area (Å²) in [4.78, 5) is 11.6. The fourth-order valence-electron chi connectivity index (χ4n) is 1.05. The highest BCUT2D eigenvalue weighted by molar-refractivity contribution is 5.99. The molecule has 0 atom stereocenters. The highest BCUT2D eigenvalue weighted by Gasteiger charge is 2.30. The van der Waals surface area contributed by atoms with Crippen molar-refractivity contribution in [1.29, 1.82) is 0 Å². The Morgan fingerprint density at radius 3 is 1.94 bits per heavy atom. The van der Waals surface area contributed by atoms with Gasteiger partial charge in [0.15, 0.2) is 29.1 Å². The minimum Gasteiger partial charge on any atom is -0.293 e. The third-order valence-electron chi connectivity index (χ3n) is 1.94. The second-order valence-corrected chi connectivity index (χ2v) is 4.34. The Morgan fingerprint density at radius 1 is 1.00 bits per heavy atom. The van der Waals surface area contributed by atoms with E-state index in [0.29, 0.717) is 0 Å². The maximum Gasteiger partial charge on any atom is 0.198 e. The first-order chi connectivity index (χ1) is 7.16. The number of Topliss-reactive ketones (excluding diaryl/α,β-unsaturated/α-hetero) is 1. The van der Waals surface area contributed by atoms with Gasteiger partial charge < -0.3 is 0 Å². The Labute approximate surface area is 90.1 Å². The van der Waals surface area contributed by atoms with Crippen LogP contribution in [-0.4, -0.2) is 5.78 Å². The molecule has 1 rings (SSSR count). The van der Waals surface area contributed by atoms with Crippen LogP contribution in [0.1, 0.15) is 31.1 Å². The molecule has 0 aliphatic carbocycles. The number of rotatable bonds is 1. The van der Waals surface area contributed by atoms with Crippen LogP contribution in [0.2, 0.25) is 0 Å². The molecule has 0 N–H and O–H groups in total. The molecule has 1 aromatic rings. The highest BCUT2D eigenvalue weighted by Crippen LogP contribution is 2.25. The van der Waals surface area contributed by atoms with Gasteiger partial charge in [-0.25, -0.2) is 17.6 Å². The Hall–Kier alpha value is -1.39. The van der Waals surface area contributed by atoms with E-state index in [0.717, 1.165) is 0 Å². The molecule has 0 saturated carbocycles. The van der Waals surface area contributed by atoms with Crippen LogP contribution in [0.3, 0.4) is 0 Å². The number of halogens is 4. The summed E-state index contributed by atoms with van der Waals surface area (Å²) in [7, 11) is 0. The molecule has 5 heteroatoms. The third-order valence-corrected chi connectivity index (χ3v) is 1.94. The molecule has 1 nitrogen and oxygen atoms in total. The maximum atomic E-state index is 13.2. The zero-order valence-corrected chi connectivity index (χ0v) is 8.92. The molecule has 16 heavy (non-hydrogen) atoms. The van der Waals surface area contributed by atoms with E-state index >= 15 is 0 Å². The largest absolute Gasteiger partial charge is 0.293 e. The average molecular weight is 233 g/mol. The predicted octanol–water partition coefficient (Wildman–Crippen LogP) is 3.27. The Balaban J connectivity index is 3.43. The molecule has 0 aliphatic rings. The third kappa shape index (κ3) is 2.08. The zero-order valence-electron chi connectivity index (χ0n) is 8.92. The van der Waals surface area contributed by atoms with Crippen molar-refractivity contribution in [3.05, 3.63) is 34.9 Å². The lowest BCUT2D eigenvalue weighted by Crippen LogP contribution is -2.22. The van der Waals surface area contributed by atoms with Gasteiger partial charge in [0, 0.05) is 11.5 Å². The summed E-state index contributed by atoms with van der Waals surface area (Å²) < 4.78 is 51.4. The standard InChI is InChI=1S/C11H9F4O/c1-11(2,3)10(16)5-4-6(12)8(14)9(15)7(5)13/h1-3H3. The van der Waals surface area contributed by atoms with Crippen molar-refractivity contribution in [2.24, 2.45) is 5.41 Å². The lowest BCUT2D eigenvalue weighted by molar-refractivity contribution is 0.0851. The average Bonchev–Trinajstić information content (AvgIpc) is 2.18. The molecule has 0 aliphatic heterocycles. The minimum absolute atomic E-state index is 0.845. The van der Waals surface area contributed by atoms with Gasteiger partial charge in [-0.05, 0) is 0 Å². The molecule has 0 fully saturated rings. The molecule has 0 bridgehead atoms. The van der Waals surface area contributed by atoms with Crippen molar-refractivity contribution < 1.29 is 22.4 Å². The van der Waals surface area contributed by atoms with Gasteiger partial charge in [0.25, 0.3) is 0 Å². The molecule has 87 valence electrons. The highest BCUT2D eigenvalue weighted by atomic mass is 19.2. The van der Waals surface area contributed by atoms with Gasteiger partial charge in [0.1, 0.15) is 0 Å². The molecule has 0 unspecified atom stereocenters. The van der Waals surface area contributed by atoms with E-state index in [1.165, 1.54) is 20.8 Å². The van der Waals surface area contributed by atoms with E-state index < -0.39 is 40.0 Å². The number of benzene rings is 1. The van der Waals surface area contributed by atoms with Gasteiger partial charge >= 0.3 is 0 Å². The van der Waals surface area contributed by atoms with Gasteiger partial charge in [0.2, 0.25) is 0 Å². The smallest absolute Gasteiger partial charge is 0.198 e. The van der Waals surface area contributed by atoms with Crippen LogP contribution < -0.4 is 0 Å². The quantitative estimate of drug-likeness (QED) is 0.315. The number of hydrogen-bond acceptors (Lipinski definition) is 1. The van der Waals surface area contributed by atoms with Crippen molar-refractivity contribution in [2.45, 2.75) is 20.8 Å². The van der Waals surface area contributed by atoms with Crippen LogP contribution >= 0.6 is 0 Å². The SMILES string of the molecule is CC(C)(C)C(=O)c1[c]c(F)c(F)c(F)c1F. The lowest BCUT2D eigenvalue weighted by atomic mass is 9.86. The van der Waals surface area contributed by atoms with Crippen molar-refractivity contribution in [3.63, 3.8) is 0 Å². The molecule has 0 spiro atoms. The van der Waals surface area contributed by atoms with Crippen LogP contribution in [0, 0.1) is 34.8 Å². The molecule has 1 aromatic carbocycles. The van der Waals surface area contributed by atoms with E-state index in [2.05, 4.69) is 0 Å².